The average molecular weight is 192 g/mol. The highest BCUT2D eigenvalue weighted by atomic mass is 15.2. The maximum absolute atomic E-state index is 5.95. The molecule has 0 radical (unpaired) electrons. The predicted molar refractivity (Wildman–Crippen MR) is 54.6 cm³/mol. The van der Waals surface area contributed by atoms with Crippen LogP contribution in [0.2, 0.25) is 0 Å². The Balaban J connectivity index is 2.16. The van der Waals surface area contributed by atoms with Crippen molar-refractivity contribution < 1.29 is 0 Å². The van der Waals surface area contributed by atoms with E-state index in [0.717, 1.165) is 25.1 Å². The van der Waals surface area contributed by atoms with E-state index in [0.29, 0.717) is 12.1 Å². The highest BCUT2D eigenvalue weighted by Crippen LogP contribution is 2.26. The number of hydrogen-bond donors (Lipinski definition) is 1. The molecule has 1 fully saturated rings. The van der Waals surface area contributed by atoms with Gasteiger partial charge in [0.25, 0.3) is 0 Å². The Bertz CT molecular complexity index is 287. The second-order valence-electron chi connectivity index (χ2n) is 3.91. The van der Waals surface area contributed by atoms with Crippen LogP contribution in [0.15, 0.2) is 18.6 Å². The van der Waals surface area contributed by atoms with E-state index < -0.39 is 0 Å². The zero-order chi connectivity index (χ0) is 9.97. The molecule has 1 aromatic rings. The largest absolute Gasteiger partial charge is 0.328 e. The highest BCUT2D eigenvalue weighted by Gasteiger charge is 2.25. The fourth-order valence-electron chi connectivity index (χ4n) is 1.94. The van der Waals surface area contributed by atoms with Gasteiger partial charge in [0.05, 0.1) is 11.7 Å². The van der Waals surface area contributed by atoms with Crippen LogP contribution in [0.1, 0.15) is 24.6 Å². The Kier molecular flexibility index (Phi) is 2.74. The zero-order valence-corrected chi connectivity index (χ0v) is 8.43. The Labute approximate surface area is 84.2 Å². The van der Waals surface area contributed by atoms with Gasteiger partial charge in [0.15, 0.2) is 0 Å². The minimum atomic E-state index is 0.304. The zero-order valence-electron chi connectivity index (χ0n) is 8.43. The monoisotopic (exact) mass is 192 g/mol. The van der Waals surface area contributed by atoms with Gasteiger partial charge in [-0.3, -0.25) is 14.9 Å². The molecule has 4 nitrogen and oxygen atoms in total. The van der Waals surface area contributed by atoms with Gasteiger partial charge in [0.2, 0.25) is 0 Å². The molecule has 2 heterocycles. The molecular weight excluding hydrogens is 176 g/mol. The molecular formula is C10H16N4. The molecule has 1 aliphatic rings. The van der Waals surface area contributed by atoms with Gasteiger partial charge in [0, 0.05) is 24.6 Å². The van der Waals surface area contributed by atoms with Gasteiger partial charge in [-0.25, -0.2) is 0 Å². The number of hydrogen-bond acceptors (Lipinski definition) is 4. The number of aromatic nitrogens is 2. The van der Waals surface area contributed by atoms with E-state index in [1.54, 1.807) is 12.4 Å². The lowest BCUT2D eigenvalue weighted by molar-refractivity contribution is 0.167. The molecule has 76 valence electrons. The molecule has 1 aromatic heterocycles. The van der Waals surface area contributed by atoms with Crippen LogP contribution in [0, 0.1) is 0 Å². The van der Waals surface area contributed by atoms with Gasteiger partial charge in [-0.15, -0.1) is 0 Å². The van der Waals surface area contributed by atoms with Crippen LogP contribution < -0.4 is 5.73 Å². The van der Waals surface area contributed by atoms with E-state index in [4.69, 9.17) is 5.73 Å². The summed E-state index contributed by atoms with van der Waals surface area (Å²) in [5, 5.41) is 0. The Morgan fingerprint density at radius 1 is 1.50 bits per heavy atom. The molecule has 1 saturated heterocycles. The van der Waals surface area contributed by atoms with E-state index in [-0.39, 0.29) is 0 Å². The molecule has 2 unspecified atom stereocenters. The molecule has 2 rings (SSSR count). The number of rotatable bonds is 1. The van der Waals surface area contributed by atoms with Gasteiger partial charge < -0.3 is 5.73 Å². The molecule has 14 heavy (non-hydrogen) atoms. The number of likely N-dealkylation sites (tertiary alicyclic amines) is 1. The first kappa shape index (κ1) is 9.55. The van der Waals surface area contributed by atoms with Crippen LogP contribution in [0.5, 0.6) is 0 Å². The minimum Gasteiger partial charge on any atom is -0.328 e. The number of nitrogens with two attached hydrogens (primary N) is 1. The number of nitrogens with zero attached hydrogens (tertiary/aromatic N) is 3. The lowest BCUT2D eigenvalue weighted by atomic mass is 9.96. The van der Waals surface area contributed by atoms with Gasteiger partial charge in [-0.2, -0.15) is 0 Å². The molecule has 0 saturated carbocycles. The van der Waals surface area contributed by atoms with Crippen molar-refractivity contribution in [1.29, 1.82) is 0 Å². The summed E-state index contributed by atoms with van der Waals surface area (Å²) < 4.78 is 0. The third-order valence-electron chi connectivity index (χ3n) is 2.84. The topological polar surface area (TPSA) is 55.0 Å². The Hall–Kier alpha value is -1.00. The summed E-state index contributed by atoms with van der Waals surface area (Å²) >= 11 is 0. The fraction of sp³-hybridized carbons (Fsp3) is 0.600. The Morgan fingerprint density at radius 2 is 2.36 bits per heavy atom. The molecule has 1 aliphatic heterocycles. The molecule has 4 heteroatoms. The molecule has 0 amide bonds. The molecule has 2 atom stereocenters. The van der Waals surface area contributed by atoms with Crippen LogP contribution in [0.3, 0.4) is 0 Å². The quantitative estimate of drug-likeness (QED) is 0.707. The maximum atomic E-state index is 5.95. The molecule has 0 aliphatic carbocycles. The van der Waals surface area contributed by atoms with E-state index in [1.807, 2.05) is 6.20 Å². The van der Waals surface area contributed by atoms with Crippen molar-refractivity contribution in [2.24, 2.45) is 5.73 Å². The van der Waals surface area contributed by atoms with Gasteiger partial charge in [-0.1, -0.05) is 0 Å². The van der Waals surface area contributed by atoms with Crippen molar-refractivity contribution in [3.8, 4) is 0 Å². The smallest absolute Gasteiger partial charge is 0.0758 e. The highest BCUT2D eigenvalue weighted by molar-refractivity contribution is 5.04. The first-order valence-electron chi connectivity index (χ1n) is 4.99. The first-order valence-corrected chi connectivity index (χ1v) is 4.99. The summed E-state index contributed by atoms with van der Waals surface area (Å²) in [5.74, 6) is 0. The second-order valence-corrected chi connectivity index (χ2v) is 3.91. The lowest BCUT2D eigenvalue weighted by Crippen LogP contribution is -2.40. The van der Waals surface area contributed by atoms with Crippen LogP contribution >= 0.6 is 0 Å². The van der Waals surface area contributed by atoms with Gasteiger partial charge >= 0.3 is 0 Å². The van der Waals surface area contributed by atoms with Crippen LogP contribution in [-0.4, -0.2) is 34.5 Å². The lowest BCUT2D eigenvalue weighted by Gasteiger charge is -2.34. The second kappa shape index (κ2) is 4.02. The molecule has 0 aromatic carbocycles. The van der Waals surface area contributed by atoms with Crippen molar-refractivity contribution in [2.75, 3.05) is 13.6 Å². The normalized spacial score (nSPS) is 29.0. The summed E-state index contributed by atoms with van der Waals surface area (Å²) in [7, 11) is 2.12. The van der Waals surface area contributed by atoms with Crippen LogP contribution in [-0.2, 0) is 0 Å². The van der Waals surface area contributed by atoms with Crippen molar-refractivity contribution in [2.45, 2.75) is 24.9 Å². The summed E-state index contributed by atoms with van der Waals surface area (Å²) in [6, 6.07) is 0.644. The van der Waals surface area contributed by atoms with E-state index >= 15 is 0 Å². The van der Waals surface area contributed by atoms with E-state index in [1.165, 1.54) is 0 Å². The van der Waals surface area contributed by atoms with Crippen molar-refractivity contribution in [3.63, 3.8) is 0 Å². The summed E-state index contributed by atoms with van der Waals surface area (Å²) in [5.41, 5.74) is 6.98. The van der Waals surface area contributed by atoms with Crippen molar-refractivity contribution in [3.05, 3.63) is 24.3 Å². The maximum Gasteiger partial charge on any atom is 0.0758 e. The summed E-state index contributed by atoms with van der Waals surface area (Å²) in [6.45, 7) is 1.04. The van der Waals surface area contributed by atoms with Crippen molar-refractivity contribution in [1.82, 2.24) is 14.9 Å². The SMILES string of the molecule is CN1CCC(N)CC1c1cnccn1. The standard InChI is InChI=1S/C10H16N4/c1-14-5-2-8(11)6-10(14)9-7-12-3-4-13-9/h3-4,7-8,10H,2,5-6,11H2,1H3. The first-order chi connectivity index (χ1) is 6.77. The summed E-state index contributed by atoms with van der Waals surface area (Å²) in [6.07, 6.45) is 7.33. The van der Waals surface area contributed by atoms with Crippen LogP contribution in [0.4, 0.5) is 0 Å². The number of piperidine rings is 1. The van der Waals surface area contributed by atoms with Crippen molar-refractivity contribution >= 4 is 0 Å². The molecule has 2 N–H and O–H groups in total. The predicted octanol–water partition coefficient (Wildman–Crippen LogP) is 0.571. The molecule has 0 bridgehead atoms. The third-order valence-corrected chi connectivity index (χ3v) is 2.84. The average Bonchev–Trinajstić information content (AvgIpc) is 2.23. The van der Waals surface area contributed by atoms with Gasteiger partial charge in [-0.05, 0) is 26.4 Å². The summed E-state index contributed by atoms with van der Waals surface area (Å²) in [4.78, 5) is 10.7. The fourth-order valence-corrected chi connectivity index (χ4v) is 1.94. The third kappa shape index (κ3) is 1.91. The molecule has 0 spiro atoms. The van der Waals surface area contributed by atoms with Gasteiger partial charge in [0.1, 0.15) is 0 Å². The van der Waals surface area contributed by atoms with E-state index in [9.17, 15) is 0 Å². The van der Waals surface area contributed by atoms with Crippen LogP contribution in [0.25, 0.3) is 0 Å². The Morgan fingerprint density at radius 3 is 3.07 bits per heavy atom. The minimum absolute atomic E-state index is 0.304. The van der Waals surface area contributed by atoms with E-state index in [2.05, 4.69) is 21.9 Å².